The van der Waals surface area contributed by atoms with Gasteiger partial charge in [0.15, 0.2) is 0 Å². The van der Waals surface area contributed by atoms with Crippen molar-refractivity contribution in [2.75, 3.05) is 11.9 Å². The number of aromatic nitrogens is 6. The second-order valence-corrected chi connectivity index (χ2v) is 8.41. The number of anilines is 1. The molecular weight excluding hydrogens is 420 g/mol. The van der Waals surface area contributed by atoms with Crippen LogP contribution in [0.1, 0.15) is 66.3 Å². The highest BCUT2D eigenvalue weighted by Crippen LogP contribution is 2.23. The van der Waals surface area contributed by atoms with Gasteiger partial charge in [-0.2, -0.15) is 14.8 Å². The minimum absolute atomic E-state index is 0.230. The summed E-state index contributed by atoms with van der Waals surface area (Å²) < 4.78 is 9.11. The van der Waals surface area contributed by atoms with Crippen molar-refractivity contribution in [3.63, 3.8) is 0 Å². The third-order valence-corrected chi connectivity index (χ3v) is 6.00. The molecule has 0 radical (unpaired) electrons. The van der Waals surface area contributed by atoms with Crippen LogP contribution in [0.4, 0.5) is 5.82 Å². The van der Waals surface area contributed by atoms with Crippen LogP contribution in [0.5, 0.6) is 0 Å². The molecule has 0 unspecified atom stereocenters. The lowest BCUT2D eigenvalue weighted by Gasteiger charge is -2.24. The quantitative estimate of drug-likeness (QED) is 0.513. The molecule has 176 valence electrons. The molecule has 10 heteroatoms. The molecule has 2 N–H and O–H groups in total. The van der Waals surface area contributed by atoms with Crippen molar-refractivity contribution in [3.05, 3.63) is 47.4 Å². The molecule has 0 saturated heterocycles. The predicted molar refractivity (Wildman–Crippen MR) is 124 cm³/mol. The monoisotopic (exact) mass is 452 g/mol. The zero-order chi connectivity index (χ0) is 23.2. The van der Waals surface area contributed by atoms with E-state index in [9.17, 15) is 4.79 Å². The first-order valence-corrected chi connectivity index (χ1v) is 11.6. The van der Waals surface area contributed by atoms with Crippen LogP contribution in [0.3, 0.4) is 0 Å². The van der Waals surface area contributed by atoms with E-state index >= 15 is 0 Å². The molecule has 4 rings (SSSR count). The summed E-state index contributed by atoms with van der Waals surface area (Å²) in [5.41, 5.74) is 2.95. The molecule has 33 heavy (non-hydrogen) atoms. The molecule has 0 aliphatic heterocycles. The fourth-order valence-corrected chi connectivity index (χ4v) is 4.02. The maximum Gasteiger partial charge on any atom is 0.255 e. The van der Waals surface area contributed by atoms with Crippen molar-refractivity contribution in [2.45, 2.75) is 65.1 Å². The van der Waals surface area contributed by atoms with Crippen molar-refractivity contribution < 1.29 is 9.53 Å². The Labute approximate surface area is 193 Å². The number of aryl methyl sites for hydroxylation is 2. The predicted octanol–water partition coefficient (Wildman–Crippen LogP) is 2.92. The van der Waals surface area contributed by atoms with Gasteiger partial charge in [-0.1, -0.05) is 19.3 Å². The number of nitrogens with zero attached hydrogens (tertiary/aromatic N) is 6. The molecule has 3 aromatic rings. The first-order chi connectivity index (χ1) is 16.1. The number of rotatable bonds is 9. The number of nitrogens with one attached hydrogen (secondary N) is 2. The van der Waals surface area contributed by atoms with Gasteiger partial charge in [-0.3, -0.25) is 4.79 Å². The van der Waals surface area contributed by atoms with E-state index in [-0.39, 0.29) is 12.5 Å². The van der Waals surface area contributed by atoms with Gasteiger partial charge in [0.25, 0.3) is 11.9 Å². The second-order valence-electron chi connectivity index (χ2n) is 8.41. The molecule has 0 bridgehead atoms. The number of carbonyl (C=O) groups is 1. The fraction of sp³-hybridized carbons (Fsp3) is 0.522. The summed E-state index contributed by atoms with van der Waals surface area (Å²) in [5.74, 6) is 0.996. The number of ether oxygens (including phenoxy) is 1. The molecule has 1 fully saturated rings. The third-order valence-electron chi connectivity index (χ3n) is 6.00. The van der Waals surface area contributed by atoms with Gasteiger partial charge in [-0.05, 0) is 26.7 Å². The minimum atomic E-state index is -0.232. The maximum atomic E-state index is 13.0. The van der Waals surface area contributed by atoms with Crippen molar-refractivity contribution in [1.29, 1.82) is 0 Å². The normalized spacial score (nSPS) is 14.4. The lowest BCUT2D eigenvalue weighted by Crippen LogP contribution is -2.25. The molecule has 3 heterocycles. The Hall–Kier alpha value is -3.27. The van der Waals surface area contributed by atoms with Gasteiger partial charge in [0.2, 0.25) is 0 Å². The van der Waals surface area contributed by atoms with Gasteiger partial charge in [-0.15, -0.1) is 0 Å². The Morgan fingerprint density at radius 3 is 2.76 bits per heavy atom. The van der Waals surface area contributed by atoms with E-state index in [1.165, 1.54) is 19.3 Å². The van der Waals surface area contributed by atoms with Crippen LogP contribution < -0.4 is 10.6 Å². The second kappa shape index (κ2) is 10.6. The summed E-state index contributed by atoms with van der Waals surface area (Å²) in [6.45, 7) is 5.02. The molecule has 1 aliphatic rings. The van der Waals surface area contributed by atoms with Gasteiger partial charge in [0, 0.05) is 37.7 Å². The van der Waals surface area contributed by atoms with E-state index in [0.717, 1.165) is 29.9 Å². The summed E-state index contributed by atoms with van der Waals surface area (Å²) in [4.78, 5) is 26.3. The Bertz CT molecular complexity index is 1080. The van der Waals surface area contributed by atoms with Crippen molar-refractivity contribution in [3.8, 4) is 5.95 Å². The van der Waals surface area contributed by atoms with Crippen LogP contribution >= 0.6 is 0 Å². The summed E-state index contributed by atoms with van der Waals surface area (Å²) in [7, 11) is 1.89. The van der Waals surface area contributed by atoms with Crippen LogP contribution in [0, 0.1) is 6.92 Å². The Morgan fingerprint density at radius 2 is 2.03 bits per heavy atom. The number of hydrogen-bond acceptors (Lipinski definition) is 7. The highest BCUT2D eigenvalue weighted by molar-refractivity contribution is 5.95. The summed E-state index contributed by atoms with van der Waals surface area (Å²) in [5, 5.41) is 11.0. The smallest absolute Gasteiger partial charge is 0.255 e. The van der Waals surface area contributed by atoms with Crippen LogP contribution in [0.2, 0.25) is 0 Å². The molecule has 10 nitrogen and oxygen atoms in total. The molecule has 1 saturated carbocycles. The highest BCUT2D eigenvalue weighted by atomic mass is 16.5. The topological polar surface area (TPSA) is 112 Å². The van der Waals surface area contributed by atoms with E-state index in [1.807, 2.05) is 25.5 Å². The molecule has 0 spiro atoms. The maximum absolute atomic E-state index is 13.0. The zero-order valence-electron chi connectivity index (χ0n) is 19.5. The summed E-state index contributed by atoms with van der Waals surface area (Å²) in [6, 6.07) is 0.425. The highest BCUT2D eigenvalue weighted by Gasteiger charge is 2.21. The van der Waals surface area contributed by atoms with Crippen LogP contribution in [0.15, 0.2) is 24.9 Å². The molecule has 3 aromatic heterocycles. The molecule has 0 atom stereocenters. The molecule has 0 aromatic carbocycles. The lowest BCUT2D eigenvalue weighted by molar-refractivity contribution is 0.0938. The first kappa shape index (κ1) is 22.9. The Morgan fingerprint density at radius 1 is 1.21 bits per heavy atom. The number of amides is 1. The van der Waals surface area contributed by atoms with E-state index in [4.69, 9.17) is 9.72 Å². The van der Waals surface area contributed by atoms with E-state index in [2.05, 4.69) is 25.7 Å². The average Bonchev–Trinajstić information content (AvgIpc) is 3.44. The van der Waals surface area contributed by atoms with Gasteiger partial charge >= 0.3 is 0 Å². The Balaban J connectivity index is 1.58. The van der Waals surface area contributed by atoms with Crippen LogP contribution in [0.25, 0.3) is 5.95 Å². The average molecular weight is 453 g/mol. The lowest BCUT2D eigenvalue weighted by atomic mass is 9.95. The minimum Gasteiger partial charge on any atom is -0.375 e. The molecule has 1 amide bonds. The van der Waals surface area contributed by atoms with Gasteiger partial charge in [-0.25, -0.2) is 9.97 Å². The standard InChI is InChI=1S/C23H32N8O2/c1-4-33-14-20-19(22(32)25-12-18-11-24-15-30(18)3)13-27-31(20)23-26-10-16(2)21(29-23)28-17-8-6-5-7-9-17/h10-11,13,15,17H,4-9,12,14H2,1-3H3,(H,25,32)(H,26,28,29). The van der Waals surface area contributed by atoms with E-state index in [1.54, 1.807) is 29.6 Å². The van der Waals surface area contributed by atoms with Crippen LogP contribution in [-0.2, 0) is 24.9 Å². The van der Waals surface area contributed by atoms with E-state index < -0.39 is 0 Å². The largest absolute Gasteiger partial charge is 0.375 e. The number of carbonyl (C=O) groups excluding carboxylic acids is 1. The SMILES string of the molecule is CCOCc1c(C(=O)NCc2cncn2C)cnn1-c1ncc(C)c(NC2CCCCC2)n1. The van der Waals surface area contributed by atoms with Crippen molar-refractivity contribution in [2.24, 2.45) is 7.05 Å². The van der Waals surface area contributed by atoms with Crippen molar-refractivity contribution >= 4 is 11.7 Å². The first-order valence-electron chi connectivity index (χ1n) is 11.6. The van der Waals surface area contributed by atoms with E-state index in [0.29, 0.717) is 36.4 Å². The van der Waals surface area contributed by atoms with Crippen LogP contribution in [-0.4, -0.2) is 47.9 Å². The van der Waals surface area contributed by atoms with Gasteiger partial charge in [0.05, 0.1) is 42.6 Å². The molecule has 1 aliphatic carbocycles. The number of hydrogen-bond donors (Lipinski definition) is 2. The van der Waals surface area contributed by atoms with Gasteiger partial charge in [0.1, 0.15) is 5.82 Å². The Kier molecular flexibility index (Phi) is 7.33. The summed E-state index contributed by atoms with van der Waals surface area (Å²) >= 11 is 0. The van der Waals surface area contributed by atoms with Crippen molar-refractivity contribution in [1.82, 2.24) is 34.6 Å². The summed E-state index contributed by atoms with van der Waals surface area (Å²) in [6.07, 6.45) is 12.8. The van der Waals surface area contributed by atoms with Gasteiger partial charge < -0.3 is 19.9 Å². The fourth-order valence-electron chi connectivity index (χ4n) is 4.02. The zero-order valence-corrected chi connectivity index (χ0v) is 19.5. The number of imidazole rings is 1. The third kappa shape index (κ3) is 5.39. The molecular formula is C23H32N8O2.